The van der Waals surface area contributed by atoms with Crippen LogP contribution in [0, 0.1) is 0 Å². The van der Waals surface area contributed by atoms with Gasteiger partial charge in [0, 0.05) is 11.1 Å². The first-order valence-electron chi connectivity index (χ1n) is 10.8. The van der Waals surface area contributed by atoms with E-state index in [4.69, 9.17) is 9.47 Å². The summed E-state index contributed by atoms with van der Waals surface area (Å²) >= 11 is 0. The van der Waals surface area contributed by atoms with Gasteiger partial charge in [-0.05, 0) is 111 Å². The predicted molar refractivity (Wildman–Crippen MR) is 131 cm³/mol. The number of hydrogen-bond acceptors (Lipinski definition) is 6. The summed E-state index contributed by atoms with van der Waals surface area (Å²) in [6.45, 7) is 2.98. The third-order valence-electron chi connectivity index (χ3n) is 5.26. The number of sulfone groups is 1. The molecule has 4 aromatic carbocycles. The topological polar surface area (TPSA) is 86.7 Å². The molecule has 0 saturated heterocycles. The van der Waals surface area contributed by atoms with E-state index in [1.54, 1.807) is 72.8 Å². The molecule has 35 heavy (non-hydrogen) atoms. The fraction of sp³-hybridized carbons (Fsp3) is 0.0714. The molecule has 4 aromatic rings. The van der Waals surface area contributed by atoms with Crippen LogP contribution in [-0.2, 0) is 9.84 Å². The summed E-state index contributed by atoms with van der Waals surface area (Å²) in [7, 11) is -3.73. The van der Waals surface area contributed by atoms with E-state index in [1.807, 2.05) is 0 Å². The van der Waals surface area contributed by atoms with Gasteiger partial charge in [-0.15, -0.1) is 0 Å². The zero-order valence-corrected chi connectivity index (χ0v) is 19.9. The van der Waals surface area contributed by atoms with E-state index in [0.717, 1.165) is 0 Å². The lowest BCUT2D eigenvalue weighted by Gasteiger charge is -2.10. The van der Waals surface area contributed by atoms with E-state index in [2.05, 4.69) is 0 Å². The standard InChI is InChI=1S/C28H22O6S/c1-19(29)21-3-7-23(8-4-21)33-25-11-15-27(16-12-25)35(31,32)28-17-13-26(14-18-28)34-24-9-5-22(6-10-24)20(2)30/h3-18H,1-2H3. The molecule has 0 aliphatic heterocycles. The van der Waals surface area contributed by atoms with Crippen LogP contribution in [0.25, 0.3) is 0 Å². The molecule has 0 spiro atoms. The first-order chi connectivity index (χ1) is 16.7. The van der Waals surface area contributed by atoms with Gasteiger partial charge >= 0.3 is 0 Å². The molecular formula is C28H22O6S. The highest BCUT2D eigenvalue weighted by atomic mass is 32.2. The summed E-state index contributed by atoms with van der Waals surface area (Å²) < 4.78 is 37.5. The minimum atomic E-state index is -3.73. The number of Topliss-reactive ketones (excluding diaryl/α,β-unsaturated/α-hetero) is 2. The van der Waals surface area contributed by atoms with Gasteiger partial charge in [0.2, 0.25) is 9.84 Å². The molecule has 176 valence electrons. The molecule has 7 heteroatoms. The molecule has 0 saturated carbocycles. The second-order valence-corrected chi connectivity index (χ2v) is 9.76. The number of carbonyl (C=O) groups excluding carboxylic acids is 2. The van der Waals surface area contributed by atoms with Crippen molar-refractivity contribution in [3.8, 4) is 23.0 Å². The summed E-state index contributed by atoms with van der Waals surface area (Å²) in [6.07, 6.45) is 0. The maximum absolute atomic E-state index is 13.0. The van der Waals surface area contributed by atoms with E-state index in [9.17, 15) is 18.0 Å². The first-order valence-corrected chi connectivity index (χ1v) is 12.2. The molecule has 0 aliphatic carbocycles. The zero-order valence-electron chi connectivity index (χ0n) is 19.1. The molecule has 0 bridgehead atoms. The molecule has 0 radical (unpaired) electrons. The molecule has 0 amide bonds. The molecule has 0 heterocycles. The highest BCUT2D eigenvalue weighted by Gasteiger charge is 2.18. The quantitative estimate of drug-likeness (QED) is 0.264. The van der Waals surface area contributed by atoms with Crippen molar-refractivity contribution in [2.45, 2.75) is 23.6 Å². The van der Waals surface area contributed by atoms with Crippen LogP contribution < -0.4 is 9.47 Å². The van der Waals surface area contributed by atoms with Gasteiger partial charge < -0.3 is 9.47 Å². The molecule has 0 aromatic heterocycles. The van der Waals surface area contributed by atoms with E-state index in [0.29, 0.717) is 34.1 Å². The van der Waals surface area contributed by atoms with Gasteiger partial charge in [0.1, 0.15) is 23.0 Å². The number of ether oxygens (including phenoxy) is 2. The zero-order chi connectivity index (χ0) is 25.0. The van der Waals surface area contributed by atoms with E-state index < -0.39 is 9.84 Å². The van der Waals surface area contributed by atoms with Crippen molar-refractivity contribution < 1.29 is 27.5 Å². The average Bonchev–Trinajstić information content (AvgIpc) is 2.85. The van der Waals surface area contributed by atoms with Crippen LogP contribution >= 0.6 is 0 Å². The Morgan fingerprint density at radius 3 is 1.00 bits per heavy atom. The Morgan fingerprint density at radius 1 is 0.486 bits per heavy atom. The maximum Gasteiger partial charge on any atom is 0.206 e. The Labute approximate surface area is 203 Å². The lowest BCUT2D eigenvalue weighted by atomic mass is 10.1. The summed E-state index contributed by atoms with van der Waals surface area (Å²) in [6, 6.07) is 25.7. The smallest absolute Gasteiger partial charge is 0.206 e. The molecule has 0 unspecified atom stereocenters. The van der Waals surface area contributed by atoms with Crippen molar-refractivity contribution in [2.24, 2.45) is 0 Å². The van der Waals surface area contributed by atoms with Crippen LogP contribution in [-0.4, -0.2) is 20.0 Å². The van der Waals surface area contributed by atoms with E-state index >= 15 is 0 Å². The number of hydrogen-bond donors (Lipinski definition) is 0. The SMILES string of the molecule is CC(=O)c1ccc(Oc2ccc(S(=O)(=O)c3ccc(Oc4ccc(C(C)=O)cc4)cc3)cc2)cc1. The Morgan fingerprint density at radius 2 is 0.743 bits per heavy atom. The van der Waals surface area contributed by atoms with Crippen LogP contribution in [0.1, 0.15) is 34.6 Å². The molecular weight excluding hydrogens is 464 g/mol. The molecule has 4 rings (SSSR count). The fourth-order valence-corrected chi connectivity index (χ4v) is 4.56. The number of carbonyl (C=O) groups is 2. The Balaban J connectivity index is 1.44. The molecule has 0 atom stereocenters. The van der Waals surface area contributed by atoms with Gasteiger partial charge in [-0.3, -0.25) is 9.59 Å². The van der Waals surface area contributed by atoms with Crippen molar-refractivity contribution in [3.05, 3.63) is 108 Å². The lowest BCUT2D eigenvalue weighted by Crippen LogP contribution is -2.02. The van der Waals surface area contributed by atoms with Gasteiger partial charge in [-0.1, -0.05) is 0 Å². The van der Waals surface area contributed by atoms with Gasteiger partial charge in [0.25, 0.3) is 0 Å². The monoisotopic (exact) mass is 486 g/mol. The van der Waals surface area contributed by atoms with Crippen molar-refractivity contribution in [2.75, 3.05) is 0 Å². The molecule has 6 nitrogen and oxygen atoms in total. The normalized spacial score (nSPS) is 11.0. The van der Waals surface area contributed by atoms with Gasteiger partial charge in [-0.25, -0.2) is 8.42 Å². The van der Waals surface area contributed by atoms with Crippen molar-refractivity contribution >= 4 is 21.4 Å². The number of benzene rings is 4. The van der Waals surface area contributed by atoms with Gasteiger partial charge in [0.15, 0.2) is 11.6 Å². The predicted octanol–water partition coefficient (Wildman–Crippen LogP) is 6.51. The maximum atomic E-state index is 13.0. The largest absolute Gasteiger partial charge is 0.457 e. The van der Waals surface area contributed by atoms with Crippen LogP contribution in [0.4, 0.5) is 0 Å². The second kappa shape index (κ2) is 9.95. The van der Waals surface area contributed by atoms with Crippen LogP contribution in [0.2, 0.25) is 0 Å². The fourth-order valence-electron chi connectivity index (χ4n) is 3.30. The summed E-state index contributed by atoms with van der Waals surface area (Å²) in [4.78, 5) is 23.0. The average molecular weight is 487 g/mol. The number of rotatable bonds is 8. The molecule has 0 aliphatic rings. The summed E-state index contributed by atoms with van der Waals surface area (Å²) in [5.74, 6) is 1.95. The van der Waals surface area contributed by atoms with Gasteiger partial charge in [-0.2, -0.15) is 0 Å². The van der Waals surface area contributed by atoms with E-state index in [-0.39, 0.29) is 21.4 Å². The second-order valence-electron chi connectivity index (χ2n) is 7.81. The van der Waals surface area contributed by atoms with Crippen LogP contribution in [0.15, 0.2) is 107 Å². The minimum Gasteiger partial charge on any atom is -0.457 e. The van der Waals surface area contributed by atoms with E-state index in [1.165, 1.54) is 38.1 Å². The number of ketones is 2. The van der Waals surface area contributed by atoms with Crippen molar-refractivity contribution in [1.29, 1.82) is 0 Å². The summed E-state index contributed by atoms with van der Waals surface area (Å²) in [5, 5.41) is 0. The van der Waals surface area contributed by atoms with Crippen LogP contribution in [0.3, 0.4) is 0 Å². The third-order valence-corrected chi connectivity index (χ3v) is 7.05. The van der Waals surface area contributed by atoms with Crippen molar-refractivity contribution in [1.82, 2.24) is 0 Å². The van der Waals surface area contributed by atoms with Gasteiger partial charge in [0.05, 0.1) is 9.79 Å². The Hall–Kier alpha value is -4.23. The Kier molecular flexibility index (Phi) is 6.80. The molecule has 0 fully saturated rings. The summed E-state index contributed by atoms with van der Waals surface area (Å²) in [5.41, 5.74) is 1.17. The molecule has 0 N–H and O–H groups in total. The highest BCUT2D eigenvalue weighted by molar-refractivity contribution is 7.91. The highest BCUT2D eigenvalue weighted by Crippen LogP contribution is 2.28. The third kappa shape index (κ3) is 5.65. The van der Waals surface area contributed by atoms with Crippen LogP contribution in [0.5, 0.6) is 23.0 Å². The first kappa shape index (κ1) is 23.9. The lowest BCUT2D eigenvalue weighted by molar-refractivity contribution is 0.100. The van der Waals surface area contributed by atoms with Crippen molar-refractivity contribution in [3.63, 3.8) is 0 Å². The minimum absolute atomic E-state index is 0.0333. The Bertz CT molecular complexity index is 1340.